The van der Waals surface area contributed by atoms with Crippen molar-refractivity contribution in [2.75, 3.05) is 0 Å². The van der Waals surface area contributed by atoms with E-state index in [0.717, 1.165) is 21.8 Å². The zero-order chi connectivity index (χ0) is 12.7. The molecule has 0 radical (unpaired) electrons. The van der Waals surface area contributed by atoms with Gasteiger partial charge in [-0.2, -0.15) is 0 Å². The van der Waals surface area contributed by atoms with Crippen LogP contribution in [0.3, 0.4) is 0 Å². The lowest BCUT2D eigenvalue weighted by Gasteiger charge is -2.05. The summed E-state index contributed by atoms with van der Waals surface area (Å²) in [5, 5.41) is 2.57. The quantitative estimate of drug-likeness (QED) is 0.551. The van der Waals surface area contributed by atoms with Crippen molar-refractivity contribution in [3.05, 3.63) is 53.0 Å². The maximum absolute atomic E-state index is 6.22. The number of halogens is 3. The van der Waals surface area contributed by atoms with Crippen LogP contribution in [0.5, 0.6) is 0 Å². The van der Waals surface area contributed by atoms with Crippen LogP contribution in [-0.2, 0) is 0 Å². The fourth-order valence-corrected chi connectivity index (χ4v) is 2.57. The first-order valence-electron chi connectivity index (χ1n) is 5.39. The van der Waals surface area contributed by atoms with Crippen molar-refractivity contribution in [1.29, 1.82) is 0 Å². The van der Waals surface area contributed by atoms with Crippen LogP contribution in [0.25, 0.3) is 27.0 Å². The Morgan fingerprint density at radius 3 is 1.61 bits per heavy atom. The monoisotopic (exact) mass is 295 g/mol. The van der Waals surface area contributed by atoms with Gasteiger partial charge >= 0.3 is 0 Å². The summed E-state index contributed by atoms with van der Waals surface area (Å²) in [6, 6.07) is 16.0. The highest BCUT2D eigenvalue weighted by molar-refractivity contribution is 6.65. The molecule has 0 aliphatic carbocycles. The summed E-state index contributed by atoms with van der Waals surface area (Å²) in [5.41, 5.74) is 1.98. The number of hydrogen-bond donors (Lipinski definition) is 0. The first kappa shape index (κ1) is 11.9. The Kier molecular flexibility index (Phi) is 2.98. The van der Waals surface area contributed by atoms with Gasteiger partial charge in [0.25, 0.3) is 0 Å². The molecule has 0 spiro atoms. The molecule has 1 heterocycles. The molecule has 90 valence electrons. The molecule has 4 heteroatoms. The van der Waals surface area contributed by atoms with Gasteiger partial charge in [-0.15, -0.1) is 0 Å². The topological polar surface area (TPSA) is 4.93 Å². The van der Waals surface area contributed by atoms with E-state index in [0.29, 0.717) is 5.16 Å². The maximum atomic E-state index is 6.22. The normalized spacial score (nSPS) is 11.1. The van der Waals surface area contributed by atoms with Gasteiger partial charge in [0.05, 0.1) is 11.0 Å². The molecular weight excluding hydrogens is 289 g/mol. The largest absolute Gasteiger partial charge is 0.298 e. The molecule has 3 rings (SSSR count). The number of aromatic nitrogens is 1. The van der Waals surface area contributed by atoms with Gasteiger partial charge in [0, 0.05) is 10.8 Å². The summed E-state index contributed by atoms with van der Waals surface area (Å²) in [4.78, 5) is 0. The minimum atomic E-state index is 0.0585. The number of para-hydroxylation sites is 2. The van der Waals surface area contributed by atoms with Crippen LogP contribution < -0.4 is 0 Å². The molecule has 18 heavy (non-hydrogen) atoms. The van der Waals surface area contributed by atoms with Crippen molar-refractivity contribution in [2.24, 2.45) is 0 Å². The molecule has 0 amide bonds. The first-order chi connectivity index (χ1) is 8.70. The van der Waals surface area contributed by atoms with E-state index in [-0.39, 0.29) is 4.49 Å². The average Bonchev–Trinajstić information content (AvgIpc) is 2.72. The highest BCUT2D eigenvalue weighted by Crippen LogP contribution is 2.35. The third kappa shape index (κ3) is 1.71. The van der Waals surface area contributed by atoms with Crippen molar-refractivity contribution in [1.82, 2.24) is 4.57 Å². The van der Waals surface area contributed by atoms with Gasteiger partial charge < -0.3 is 0 Å². The molecule has 0 saturated heterocycles. The third-order valence-corrected chi connectivity index (χ3v) is 3.84. The van der Waals surface area contributed by atoms with E-state index in [1.807, 2.05) is 41.0 Å². The summed E-state index contributed by atoms with van der Waals surface area (Å²) < 4.78 is 1.92. The molecule has 0 fully saturated rings. The Labute approximate surface area is 119 Å². The summed E-state index contributed by atoms with van der Waals surface area (Å²) in [5.74, 6) is 0. The average molecular weight is 297 g/mol. The van der Waals surface area contributed by atoms with Gasteiger partial charge in [0.15, 0.2) is 0 Å². The Hall–Kier alpha value is -1.15. The van der Waals surface area contributed by atoms with Crippen LogP contribution in [0.4, 0.5) is 0 Å². The van der Waals surface area contributed by atoms with E-state index in [9.17, 15) is 0 Å². The summed E-state index contributed by atoms with van der Waals surface area (Å²) in [6.07, 6.45) is 0. The number of nitrogens with zero attached hydrogens (tertiary/aromatic N) is 1. The van der Waals surface area contributed by atoms with Gasteiger partial charge in [-0.3, -0.25) is 4.57 Å². The summed E-state index contributed by atoms with van der Waals surface area (Å²) >= 11 is 17.8. The van der Waals surface area contributed by atoms with Gasteiger partial charge in [-0.05, 0) is 12.1 Å². The molecule has 0 unspecified atom stereocenters. The lowest BCUT2D eigenvalue weighted by Crippen LogP contribution is -1.91. The highest BCUT2D eigenvalue weighted by Gasteiger charge is 2.13. The van der Waals surface area contributed by atoms with Gasteiger partial charge in [0.2, 0.25) is 0 Å². The molecule has 0 N–H and O–H groups in total. The summed E-state index contributed by atoms with van der Waals surface area (Å²) in [6.45, 7) is 0. The molecule has 0 bridgehead atoms. The van der Waals surface area contributed by atoms with Crippen LogP contribution >= 0.6 is 34.8 Å². The van der Waals surface area contributed by atoms with Crippen LogP contribution in [0.1, 0.15) is 0 Å². The molecule has 0 aliphatic heterocycles. The zero-order valence-corrected chi connectivity index (χ0v) is 11.5. The van der Waals surface area contributed by atoms with Crippen molar-refractivity contribution in [3.63, 3.8) is 0 Å². The van der Waals surface area contributed by atoms with E-state index < -0.39 is 0 Å². The standard InChI is InChI=1S/C14H8Cl3N/c15-13(16)14(17)18-11-7-3-1-5-9(11)10-6-2-4-8-12(10)18/h1-8H. The van der Waals surface area contributed by atoms with Crippen LogP contribution in [-0.4, -0.2) is 4.57 Å². The molecular formula is C14H8Cl3N. The first-order valence-corrected chi connectivity index (χ1v) is 6.53. The van der Waals surface area contributed by atoms with Crippen molar-refractivity contribution in [2.45, 2.75) is 0 Å². The minimum Gasteiger partial charge on any atom is -0.298 e. The van der Waals surface area contributed by atoms with Crippen molar-refractivity contribution < 1.29 is 0 Å². The summed E-state index contributed by atoms with van der Waals surface area (Å²) in [7, 11) is 0. The second-order valence-corrected chi connectivity index (χ2v) is 5.23. The Balaban J connectivity index is 2.58. The molecule has 2 aromatic carbocycles. The Bertz CT molecular complexity index is 714. The smallest absolute Gasteiger partial charge is 0.144 e. The van der Waals surface area contributed by atoms with E-state index >= 15 is 0 Å². The van der Waals surface area contributed by atoms with E-state index in [1.165, 1.54) is 0 Å². The van der Waals surface area contributed by atoms with Gasteiger partial charge in [-0.25, -0.2) is 0 Å². The minimum absolute atomic E-state index is 0.0585. The number of hydrogen-bond acceptors (Lipinski definition) is 0. The third-order valence-electron chi connectivity index (χ3n) is 2.93. The second-order valence-electron chi connectivity index (χ2n) is 3.92. The van der Waals surface area contributed by atoms with Gasteiger partial charge in [0.1, 0.15) is 9.65 Å². The van der Waals surface area contributed by atoms with E-state index in [2.05, 4.69) is 12.1 Å². The molecule has 1 aromatic heterocycles. The predicted octanol–water partition coefficient (Wildman–Crippen LogP) is 5.59. The number of fused-ring (bicyclic) bond motifs is 3. The predicted molar refractivity (Wildman–Crippen MR) is 80.2 cm³/mol. The Morgan fingerprint density at radius 2 is 1.17 bits per heavy atom. The molecule has 0 atom stereocenters. The van der Waals surface area contributed by atoms with Gasteiger partial charge in [-0.1, -0.05) is 71.2 Å². The lowest BCUT2D eigenvalue weighted by molar-refractivity contribution is 1.27. The lowest BCUT2D eigenvalue weighted by atomic mass is 10.2. The number of rotatable bonds is 1. The van der Waals surface area contributed by atoms with Crippen LogP contribution in [0.2, 0.25) is 0 Å². The van der Waals surface area contributed by atoms with E-state index in [4.69, 9.17) is 34.8 Å². The fourth-order valence-electron chi connectivity index (χ4n) is 2.22. The molecule has 0 aliphatic rings. The number of benzene rings is 2. The fraction of sp³-hybridized carbons (Fsp3) is 0. The van der Waals surface area contributed by atoms with E-state index in [1.54, 1.807) is 0 Å². The second kappa shape index (κ2) is 4.51. The van der Waals surface area contributed by atoms with Crippen LogP contribution in [0.15, 0.2) is 53.0 Å². The molecule has 0 saturated carbocycles. The Morgan fingerprint density at radius 1 is 0.722 bits per heavy atom. The highest BCUT2D eigenvalue weighted by atomic mass is 35.5. The zero-order valence-electron chi connectivity index (χ0n) is 9.20. The van der Waals surface area contributed by atoms with Crippen molar-refractivity contribution >= 4 is 61.8 Å². The SMILES string of the molecule is ClC(Cl)=C(Cl)n1c2ccccc2c2ccccc21. The molecule has 1 nitrogen and oxygen atoms in total. The molecule has 3 aromatic rings. The van der Waals surface area contributed by atoms with Crippen molar-refractivity contribution in [3.8, 4) is 0 Å². The van der Waals surface area contributed by atoms with Crippen LogP contribution in [0, 0.1) is 0 Å². The maximum Gasteiger partial charge on any atom is 0.144 e.